The highest BCUT2D eigenvalue weighted by molar-refractivity contribution is 5.37. The molecule has 0 aliphatic heterocycles. The maximum Gasteiger partial charge on any atom is 0.124 e. The van der Waals surface area contributed by atoms with E-state index in [1.54, 1.807) is 0 Å². The molecule has 2 heteroatoms. The summed E-state index contributed by atoms with van der Waals surface area (Å²) in [5.41, 5.74) is 1.46. The van der Waals surface area contributed by atoms with Crippen LogP contribution in [0, 0.1) is 24.6 Å². The van der Waals surface area contributed by atoms with Gasteiger partial charge in [0.1, 0.15) is 11.9 Å². The highest BCUT2D eigenvalue weighted by Crippen LogP contribution is 2.07. The number of unbranched alkanes of at least 4 members (excludes halogenated alkanes) is 2. The van der Waals surface area contributed by atoms with Crippen molar-refractivity contribution in [2.45, 2.75) is 45.6 Å². The Kier molecular flexibility index (Phi) is 5.72. The Hall–Kier alpha value is -1.33. The van der Waals surface area contributed by atoms with E-state index in [-0.39, 0.29) is 5.82 Å². The molecule has 0 saturated heterocycles. The molecule has 1 nitrogen and oxygen atoms in total. The van der Waals surface area contributed by atoms with Crippen LogP contribution in [0.4, 0.5) is 4.39 Å². The lowest BCUT2D eigenvalue weighted by molar-refractivity contribution is 0.217. The SMILES string of the molecule is CCCCCC(O)C#Cc1cc(C)cc(F)c1. The van der Waals surface area contributed by atoms with Gasteiger partial charge in [0.25, 0.3) is 0 Å². The zero-order chi connectivity index (χ0) is 12.7. The maximum absolute atomic E-state index is 13.1. The van der Waals surface area contributed by atoms with Crippen LogP contribution in [0.2, 0.25) is 0 Å². The van der Waals surface area contributed by atoms with Crippen LogP contribution >= 0.6 is 0 Å². The fourth-order valence-corrected chi connectivity index (χ4v) is 1.63. The highest BCUT2D eigenvalue weighted by atomic mass is 19.1. The summed E-state index contributed by atoms with van der Waals surface area (Å²) in [6.07, 6.45) is 3.30. The van der Waals surface area contributed by atoms with E-state index in [4.69, 9.17) is 0 Å². The number of aliphatic hydroxyl groups is 1. The van der Waals surface area contributed by atoms with Gasteiger partial charge in [0.05, 0.1) is 0 Å². The molecule has 0 aliphatic carbocycles. The summed E-state index contributed by atoms with van der Waals surface area (Å²) < 4.78 is 13.1. The Labute approximate surface area is 103 Å². The molecule has 1 aromatic carbocycles. The van der Waals surface area contributed by atoms with E-state index in [9.17, 15) is 9.50 Å². The van der Waals surface area contributed by atoms with Gasteiger partial charge in [-0.05, 0) is 43.5 Å². The molecule has 92 valence electrons. The van der Waals surface area contributed by atoms with Gasteiger partial charge in [0, 0.05) is 5.56 Å². The number of rotatable bonds is 4. The van der Waals surface area contributed by atoms with Crippen LogP contribution in [-0.4, -0.2) is 11.2 Å². The molecule has 0 amide bonds. The first-order valence-electron chi connectivity index (χ1n) is 6.08. The van der Waals surface area contributed by atoms with Gasteiger partial charge in [-0.25, -0.2) is 4.39 Å². The molecule has 1 N–H and O–H groups in total. The van der Waals surface area contributed by atoms with Crippen LogP contribution in [0.3, 0.4) is 0 Å². The molecule has 1 aromatic rings. The third-order valence-corrected chi connectivity index (χ3v) is 2.51. The van der Waals surface area contributed by atoms with E-state index < -0.39 is 6.10 Å². The Morgan fingerprint density at radius 3 is 2.71 bits per heavy atom. The van der Waals surface area contributed by atoms with Crippen LogP contribution < -0.4 is 0 Å². The zero-order valence-corrected chi connectivity index (χ0v) is 10.5. The van der Waals surface area contributed by atoms with Gasteiger partial charge < -0.3 is 5.11 Å². The van der Waals surface area contributed by atoms with E-state index in [0.29, 0.717) is 12.0 Å². The quantitative estimate of drug-likeness (QED) is 0.625. The smallest absolute Gasteiger partial charge is 0.124 e. The van der Waals surface area contributed by atoms with E-state index >= 15 is 0 Å². The van der Waals surface area contributed by atoms with Crippen molar-refractivity contribution in [1.82, 2.24) is 0 Å². The van der Waals surface area contributed by atoms with Crippen molar-refractivity contribution in [3.05, 3.63) is 35.1 Å². The predicted octanol–water partition coefficient (Wildman–Crippen LogP) is 3.43. The van der Waals surface area contributed by atoms with E-state index in [1.165, 1.54) is 12.1 Å². The van der Waals surface area contributed by atoms with Crippen molar-refractivity contribution >= 4 is 0 Å². The standard InChI is InChI=1S/C15H19FO/c1-3-4-5-6-15(17)8-7-13-9-12(2)10-14(16)11-13/h9-11,15,17H,3-6H2,1-2H3. The molecule has 0 fully saturated rings. The molecule has 1 unspecified atom stereocenters. The van der Waals surface area contributed by atoms with Gasteiger partial charge in [-0.1, -0.05) is 31.6 Å². The predicted molar refractivity (Wildman–Crippen MR) is 68.2 cm³/mol. The molecule has 0 bridgehead atoms. The van der Waals surface area contributed by atoms with Gasteiger partial charge in [-0.2, -0.15) is 0 Å². The molecule has 0 heterocycles. The summed E-state index contributed by atoms with van der Waals surface area (Å²) in [5.74, 6) is 5.28. The molecule has 17 heavy (non-hydrogen) atoms. The number of hydrogen-bond donors (Lipinski definition) is 1. The lowest BCUT2D eigenvalue weighted by Crippen LogP contribution is -2.02. The number of aryl methyl sites for hydroxylation is 1. The Morgan fingerprint density at radius 2 is 2.06 bits per heavy atom. The van der Waals surface area contributed by atoms with E-state index in [1.807, 2.05) is 13.0 Å². The molecule has 0 saturated carbocycles. The summed E-state index contributed by atoms with van der Waals surface area (Å²) in [6.45, 7) is 3.94. The number of benzene rings is 1. The first-order valence-corrected chi connectivity index (χ1v) is 6.08. The third kappa shape index (κ3) is 5.51. The first kappa shape index (κ1) is 13.7. The molecule has 0 aromatic heterocycles. The Morgan fingerprint density at radius 1 is 1.29 bits per heavy atom. The van der Waals surface area contributed by atoms with Crippen molar-refractivity contribution in [1.29, 1.82) is 0 Å². The Bertz CT molecular complexity index is 394. The fourth-order valence-electron chi connectivity index (χ4n) is 1.63. The summed E-state index contributed by atoms with van der Waals surface area (Å²) in [7, 11) is 0. The van der Waals surface area contributed by atoms with Crippen molar-refractivity contribution in [2.24, 2.45) is 0 Å². The minimum Gasteiger partial charge on any atom is -0.380 e. The largest absolute Gasteiger partial charge is 0.380 e. The Balaban J connectivity index is 2.58. The molecular weight excluding hydrogens is 215 g/mol. The zero-order valence-electron chi connectivity index (χ0n) is 10.5. The van der Waals surface area contributed by atoms with Gasteiger partial charge in [0.2, 0.25) is 0 Å². The van der Waals surface area contributed by atoms with Crippen LogP contribution in [-0.2, 0) is 0 Å². The van der Waals surface area contributed by atoms with Crippen LogP contribution in [0.5, 0.6) is 0 Å². The summed E-state index contributed by atoms with van der Waals surface area (Å²) in [6, 6.07) is 4.66. The second-order valence-electron chi connectivity index (χ2n) is 4.30. The average Bonchev–Trinajstić information content (AvgIpc) is 2.25. The highest BCUT2D eigenvalue weighted by Gasteiger charge is 1.99. The topological polar surface area (TPSA) is 20.2 Å². The first-order chi connectivity index (χ1) is 8.11. The monoisotopic (exact) mass is 234 g/mol. The molecule has 0 radical (unpaired) electrons. The van der Waals surface area contributed by atoms with Crippen molar-refractivity contribution < 1.29 is 9.50 Å². The summed E-state index contributed by atoms with van der Waals surface area (Å²) in [5, 5.41) is 9.61. The van der Waals surface area contributed by atoms with E-state index in [0.717, 1.165) is 24.8 Å². The normalized spacial score (nSPS) is 11.8. The van der Waals surface area contributed by atoms with Crippen molar-refractivity contribution in [2.75, 3.05) is 0 Å². The van der Waals surface area contributed by atoms with Crippen molar-refractivity contribution in [3.8, 4) is 11.8 Å². The third-order valence-electron chi connectivity index (χ3n) is 2.51. The van der Waals surface area contributed by atoms with Gasteiger partial charge in [-0.3, -0.25) is 0 Å². The number of halogens is 1. The molecular formula is C15H19FO. The van der Waals surface area contributed by atoms with Gasteiger partial charge in [0.15, 0.2) is 0 Å². The number of aliphatic hydroxyl groups excluding tert-OH is 1. The minimum absolute atomic E-state index is 0.283. The average molecular weight is 234 g/mol. The fraction of sp³-hybridized carbons (Fsp3) is 0.467. The van der Waals surface area contributed by atoms with Crippen LogP contribution in [0.25, 0.3) is 0 Å². The lowest BCUT2D eigenvalue weighted by Gasteiger charge is -2.01. The second kappa shape index (κ2) is 7.09. The molecule has 1 rings (SSSR count). The maximum atomic E-state index is 13.1. The summed E-state index contributed by atoms with van der Waals surface area (Å²) in [4.78, 5) is 0. The molecule has 1 atom stereocenters. The minimum atomic E-state index is -0.606. The summed E-state index contributed by atoms with van der Waals surface area (Å²) >= 11 is 0. The molecule has 0 spiro atoms. The second-order valence-corrected chi connectivity index (χ2v) is 4.30. The van der Waals surface area contributed by atoms with Gasteiger partial charge in [-0.15, -0.1) is 0 Å². The van der Waals surface area contributed by atoms with E-state index in [2.05, 4.69) is 18.8 Å². The van der Waals surface area contributed by atoms with Crippen molar-refractivity contribution in [3.63, 3.8) is 0 Å². The molecule has 0 aliphatic rings. The number of hydrogen-bond acceptors (Lipinski definition) is 1. The van der Waals surface area contributed by atoms with Crippen LogP contribution in [0.1, 0.15) is 43.7 Å². The van der Waals surface area contributed by atoms with Crippen LogP contribution in [0.15, 0.2) is 18.2 Å². The van der Waals surface area contributed by atoms with Gasteiger partial charge >= 0.3 is 0 Å². The lowest BCUT2D eigenvalue weighted by atomic mass is 10.1.